The summed E-state index contributed by atoms with van der Waals surface area (Å²) >= 11 is 0. The molecule has 6 nitrogen and oxygen atoms in total. The molecule has 2 heterocycles. The fourth-order valence-corrected chi connectivity index (χ4v) is 3.31. The van der Waals surface area contributed by atoms with Crippen molar-refractivity contribution in [3.8, 4) is 0 Å². The quantitative estimate of drug-likeness (QED) is 0.494. The lowest BCUT2D eigenvalue weighted by Crippen LogP contribution is -2.23. The third kappa shape index (κ3) is 4.34. The molecule has 0 fully saturated rings. The summed E-state index contributed by atoms with van der Waals surface area (Å²) in [6.45, 7) is 4.23. The molecule has 0 radical (unpaired) electrons. The Morgan fingerprint density at radius 3 is 2.83 bits per heavy atom. The number of pyridine rings is 1. The maximum Gasteiger partial charge on any atom is 0.357 e. The summed E-state index contributed by atoms with van der Waals surface area (Å²) in [6, 6.07) is 6.55. The second-order valence-electron chi connectivity index (χ2n) is 6.65. The number of aromatic amines is 1. The Morgan fingerprint density at radius 1 is 1.28 bits per heavy atom. The van der Waals surface area contributed by atoms with Gasteiger partial charge in [-0.1, -0.05) is 12.1 Å². The van der Waals surface area contributed by atoms with Crippen LogP contribution in [0.1, 0.15) is 32.9 Å². The number of amides is 1. The summed E-state index contributed by atoms with van der Waals surface area (Å²) in [5.41, 5.74) is 3.99. The van der Waals surface area contributed by atoms with Crippen LogP contribution < -0.4 is 5.32 Å². The molecule has 2 N–H and O–H groups in total. The summed E-state index contributed by atoms with van der Waals surface area (Å²) in [6.07, 6.45) is 4.91. The van der Waals surface area contributed by atoms with Crippen LogP contribution in [-0.4, -0.2) is 35.5 Å². The molecule has 29 heavy (non-hydrogen) atoms. The van der Waals surface area contributed by atoms with Crippen molar-refractivity contribution in [2.24, 2.45) is 0 Å². The van der Waals surface area contributed by atoms with E-state index in [2.05, 4.69) is 20.0 Å². The number of ether oxygens (including phenoxy) is 1. The van der Waals surface area contributed by atoms with Crippen molar-refractivity contribution < 1.29 is 18.7 Å². The molecule has 0 aliphatic rings. The van der Waals surface area contributed by atoms with E-state index in [1.807, 2.05) is 13.8 Å². The van der Waals surface area contributed by atoms with Crippen LogP contribution in [-0.2, 0) is 16.0 Å². The zero-order valence-corrected chi connectivity index (χ0v) is 16.5. The average molecular weight is 395 g/mol. The molecule has 2 aromatic heterocycles. The summed E-state index contributed by atoms with van der Waals surface area (Å²) in [5.74, 6) is -1.15. The van der Waals surface area contributed by atoms with Gasteiger partial charge in [-0.25, -0.2) is 14.2 Å². The Morgan fingerprint density at radius 2 is 2.07 bits per heavy atom. The van der Waals surface area contributed by atoms with Crippen molar-refractivity contribution in [2.45, 2.75) is 20.3 Å². The van der Waals surface area contributed by atoms with Crippen LogP contribution in [0.3, 0.4) is 0 Å². The minimum Gasteiger partial charge on any atom is -0.464 e. The van der Waals surface area contributed by atoms with Gasteiger partial charge in [0.2, 0.25) is 5.91 Å². The van der Waals surface area contributed by atoms with Gasteiger partial charge in [0.15, 0.2) is 5.69 Å². The summed E-state index contributed by atoms with van der Waals surface area (Å²) in [4.78, 5) is 31.0. The van der Waals surface area contributed by atoms with Gasteiger partial charge in [-0.2, -0.15) is 0 Å². The maximum absolute atomic E-state index is 14.0. The van der Waals surface area contributed by atoms with E-state index in [-0.39, 0.29) is 17.4 Å². The molecule has 7 heteroatoms. The summed E-state index contributed by atoms with van der Waals surface area (Å²) in [5, 5.41) is 3.68. The van der Waals surface area contributed by atoms with Crippen LogP contribution in [0.5, 0.6) is 0 Å². The number of aromatic nitrogens is 2. The number of methoxy groups -OCH3 is 1. The van der Waals surface area contributed by atoms with Crippen LogP contribution in [0.25, 0.3) is 17.0 Å². The lowest BCUT2D eigenvalue weighted by molar-refractivity contribution is -0.116. The molecule has 150 valence electrons. The Bertz CT molecular complexity index is 1100. The first-order chi connectivity index (χ1) is 13.9. The summed E-state index contributed by atoms with van der Waals surface area (Å²) in [7, 11) is 1.28. The number of hydrogen-bond donors (Lipinski definition) is 2. The van der Waals surface area contributed by atoms with Gasteiger partial charge in [0, 0.05) is 35.5 Å². The van der Waals surface area contributed by atoms with Gasteiger partial charge in [0.1, 0.15) is 5.82 Å². The molecule has 0 atom stereocenters. The monoisotopic (exact) mass is 395 g/mol. The topological polar surface area (TPSA) is 84.1 Å². The van der Waals surface area contributed by atoms with Gasteiger partial charge in [-0.05, 0) is 49.6 Å². The molecule has 0 bridgehead atoms. The van der Waals surface area contributed by atoms with E-state index in [9.17, 15) is 14.0 Å². The first-order valence-electron chi connectivity index (χ1n) is 9.18. The standard InChI is InChI=1S/C22H22FN3O3/c1-13-6-8-17(23)21-19(13)16(14(2)26-21)10-12-24-18(27)9-7-15-5-4-11-25-20(15)22(28)29-3/h4-9,11,26H,10,12H2,1-3H3,(H,24,27)/b9-7+. The second kappa shape index (κ2) is 8.68. The van der Waals surface area contributed by atoms with Crippen LogP contribution >= 0.6 is 0 Å². The normalized spacial score (nSPS) is 11.2. The smallest absolute Gasteiger partial charge is 0.357 e. The number of fused-ring (bicyclic) bond motifs is 1. The number of hydrogen-bond acceptors (Lipinski definition) is 4. The third-order valence-electron chi connectivity index (χ3n) is 4.74. The van der Waals surface area contributed by atoms with E-state index in [0.29, 0.717) is 24.0 Å². The maximum atomic E-state index is 14.0. The average Bonchev–Trinajstić information content (AvgIpc) is 3.06. The molecule has 1 amide bonds. The van der Waals surface area contributed by atoms with Crippen molar-refractivity contribution in [3.63, 3.8) is 0 Å². The van der Waals surface area contributed by atoms with E-state index < -0.39 is 5.97 Å². The number of halogens is 1. The van der Waals surface area contributed by atoms with Gasteiger partial charge in [-0.15, -0.1) is 0 Å². The number of nitrogens with one attached hydrogen (secondary N) is 2. The summed E-state index contributed by atoms with van der Waals surface area (Å²) < 4.78 is 18.7. The van der Waals surface area contributed by atoms with E-state index in [1.165, 1.54) is 31.5 Å². The third-order valence-corrected chi connectivity index (χ3v) is 4.74. The van der Waals surface area contributed by atoms with Gasteiger partial charge in [0.25, 0.3) is 0 Å². The van der Waals surface area contributed by atoms with Crippen LogP contribution in [0.2, 0.25) is 0 Å². The number of nitrogens with zero attached hydrogens (tertiary/aromatic N) is 1. The zero-order chi connectivity index (χ0) is 21.0. The van der Waals surface area contributed by atoms with E-state index >= 15 is 0 Å². The first-order valence-corrected chi connectivity index (χ1v) is 9.18. The highest BCUT2D eigenvalue weighted by Gasteiger charge is 2.14. The first kappa shape index (κ1) is 20.3. The number of benzene rings is 1. The number of rotatable bonds is 6. The molecule has 0 spiro atoms. The lowest BCUT2D eigenvalue weighted by atomic mass is 10.0. The van der Waals surface area contributed by atoms with Crippen LogP contribution in [0, 0.1) is 19.7 Å². The second-order valence-corrected chi connectivity index (χ2v) is 6.65. The van der Waals surface area contributed by atoms with Crippen molar-refractivity contribution in [3.05, 3.63) is 70.4 Å². The Hall–Kier alpha value is -3.48. The van der Waals surface area contributed by atoms with E-state index in [4.69, 9.17) is 0 Å². The SMILES string of the molecule is COC(=O)c1ncccc1/C=C/C(=O)NCCc1c(C)[nH]c2c(F)ccc(C)c12. The largest absolute Gasteiger partial charge is 0.464 e. The molecule has 3 rings (SSSR count). The predicted molar refractivity (Wildman–Crippen MR) is 109 cm³/mol. The van der Waals surface area contributed by atoms with Crippen LogP contribution in [0.4, 0.5) is 4.39 Å². The number of esters is 1. The minimum absolute atomic E-state index is 0.144. The molecule has 1 aromatic carbocycles. The predicted octanol–water partition coefficient (Wildman–Crippen LogP) is 3.48. The van der Waals surface area contributed by atoms with Crippen molar-refractivity contribution in [1.29, 1.82) is 0 Å². The molecule has 0 unspecified atom stereocenters. The number of H-pyrrole nitrogens is 1. The van der Waals surface area contributed by atoms with Crippen molar-refractivity contribution in [1.82, 2.24) is 15.3 Å². The van der Waals surface area contributed by atoms with Crippen molar-refractivity contribution in [2.75, 3.05) is 13.7 Å². The molecule has 0 aliphatic carbocycles. The molecule has 0 saturated heterocycles. The molecular weight excluding hydrogens is 373 g/mol. The minimum atomic E-state index is -0.567. The molecule has 0 aliphatic heterocycles. The van der Waals surface area contributed by atoms with Gasteiger partial charge in [0.05, 0.1) is 12.6 Å². The fourth-order valence-electron chi connectivity index (χ4n) is 3.31. The Balaban J connectivity index is 1.67. The number of carbonyl (C=O) groups is 2. The Kier molecular flexibility index (Phi) is 6.07. The van der Waals surface area contributed by atoms with Crippen molar-refractivity contribution >= 4 is 28.9 Å². The van der Waals surface area contributed by atoms with Gasteiger partial charge < -0.3 is 15.0 Å². The highest BCUT2D eigenvalue weighted by molar-refractivity contribution is 5.96. The van der Waals surface area contributed by atoms with Crippen LogP contribution in [0.15, 0.2) is 36.5 Å². The van der Waals surface area contributed by atoms with Gasteiger partial charge in [-0.3, -0.25) is 4.79 Å². The molecule has 0 saturated carbocycles. The fraction of sp³-hybridized carbons (Fsp3) is 0.227. The molecular formula is C22H22FN3O3. The highest BCUT2D eigenvalue weighted by atomic mass is 19.1. The number of carbonyl (C=O) groups excluding carboxylic acids is 2. The number of aryl methyl sites for hydroxylation is 2. The zero-order valence-electron chi connectivity index (χ0n) is 16.5. The molecule has 3 aromatic rings. The highest BCUT2D eigenvalue weighted by Crippen LogP contribution is 2.27. The van der Waals surface area contributed by atoms with Gasteiger partial charge >= 0.3 is 5.97 Å². The Labute approximate surface area is 167 Å². The van der Waals surface area contributed by atoms with E-state index in [0.717, 1.165) is 22.2 Å². The van der Waals surface area contributed by atoms with E-state index in [1.54, 1.807) is 18.2 Å². The lowest BCUT2D eigenvalue weighted by Gasteiger charge is -2.06.